The molecule has 4 heteroatoms. The number of hydrogen-bond donors (Lipinski definition) is 0. The van der Waals surface area contributed by atoms with Gasteiger partial charge in [-0.05, 0) is 13.0 Å². The lowest BCUT2D eigenvalue weighted by molar-refractivity contribution is 0.287. The molecule has 1 aliphatic heterocycles. The molecule has 0 unspecified atom stereocenters. The van der Waals surface area contributed by atoms with Crippen molar-refractivity contribution >= 4 is 9.84 Å². The zero-order chi connectivity index (χ0) is 16.1. The molecule has 1 rings (SSSR count). The first kappa shape index (κ1) is 20.0. The molecule has 0 spiro atoms. The minimum Gasteiger partial charge on any atom is -0.301 e. The Morgan fingerprint density at radius 3 is 1.55 bits per heavy atom. The second-order valence-electron chi connectivity index (χ2n) is 6.88. The van der Waals surface area contributed by atoms with Crippen molar-refractivity contribution in [1.82, 2.24) is 4.90 Å². The summed E-state index contributed by atoms with van der Waals surface area (Å²) in [5, 5.41) is 0. The quantitative estimate of drug-likeness (QED) is 0.469. The predicted octanol–water partition coefficient (Wildman–Crippen LogP) is 4.42. The zero-order valence-corrected chi connectivity index (χ0v) is 15.5. The van der Waals surface area contributed by atoms with Gasteiger partial charge < -0.3 is 4.90 Å². The third kappa shape index (κ3) is 10.6. The van der Waals surface area contributed by atoms with Crippen molar-refractivity contribution in [2.24, 2.45) is 0 Å². The Kier molecular flexibility index (Phi) is 11.2. The van der Waals surface area contributed by atoms with E-state index in [1.165, 1.54) is 77.0 Å². The smallest absolute Gasteiger partial charge is 0.152 e. The summed E-state index contributed by atoms with van der Waals surface area (Å²) < 4.78 is 22.7. The van der Waals surface area contributed by atoms with Crippen molar-refractivity contribution in [1.29, 1.82) is 0 Å². The molecular formula is C18H37NO2S. The van der Waals surface area contributed by atoms with E-state index in [1.807, 2.05) is 0 Å². The van der Waals surface area contributed by atoms with Crippen molar-refractivity contribution in [3.8, 4) is 0 Å². The van der Waals surface area contributed by atoms with E-state index in [0.29, 0.717) is 11.5 Å². The lowest BCUT2D eigenvalue weighted by atomic mass is 10.1. The average molecular weight is 332 g/mol. The van der Waals surface area contributed by atoms with E-state index in [2.05, 4.69) is 11.8 Å². The Hall–Kier alpha value is -0.0900. The molecule has 1 fully saturated rings. The molecule has 132 valence electrons. The van der Waals surface area contributed by atoms with Gasteiger partial charge in [-0.25, -0.2) is 8.42 Å². The summed E-state index contributed by atoms with van der Waals surface area (Å²) in [5.74, 6) is 0.733. The Bertz CT molecular complexity index is 340. The largest absolute Gasteiger partial charge is 0.301 e. The van der Waals surface area contributed by atoms with Gasteiger partial charge in [0.05, 0.1) is 11.5 Å². The maximum absolute atomic E-state index is 11.3. The number of sulfone groups is 1. The molecule has 1 heterocycles. The zero-order valence-electron chi connectivity index (χ0n) is 14.7. The van der Waals surface area contributed by atoms with E-state index in [1.54, 1.807) is 0 Å². The lowest BCUT2D eigenvalue weighted by Gasteiger charge is -2.26. The van der Waals surface area contributed by atoms with Crippen LogP contribution in [0, 0.1) is 0 Å². The van der Waals surface area contributed by atoms with Crippen LogP contribution in [-0.4, -0.2) is 44.5 Å². The van der Waals surface area contributed by atoms with Crippen molar-refractivity contribution < 1.29 is 8.42 Å². The molecule has 0 atom stereocenters. The first-order valence-electron chi connectivity index (χ1n) is 9.57. The predicted molar refractivity (Wildman–Crippen MR) is 96.2 cm³/mol. The molecule has 0 aliphatic carbocycles. The lowest BCUT2D eigenvalue weighted by Crippen LogP contribution is -2.40. The highest BCUT2D eigenvalue weighted by Gasteiger charge is 2.20. The van der Waals surface area contributed by atoms with Gasteiger partial charge in [0.25, 0.3) is 0 Å². The molecule has 0 bridgehead atoms. The highest BCUT2D eigenvalue weighted by Crippen LogP contribution is 2.12. The summed E-state index contributed by atoms with van der Waals surface area (Å²) in [6.45, 7) is 4.86. The fourth-order valence-corrected chi connectivity index (χ4v) is 4.43. The fourth-order valence-electron chi connectivity index (χ4n) is 3.15. The number of unbranched alkanes of at least 4 members (excludes halogenated alkanes) is 11. The van der Waals surface area contributed by atoms with Crippen LogP contribution < -0.4 is 0 Å². The topological polar surface area (TPSA) is 37.4 Å². The summed E-state index contributed by atoms with van der Waals surface area (Å²) in [5.41, 5.74) is 0. The first-order valence-corrected chi connectivity index (χ1v) is 11.4. The molecule has 0 N–H and O–H groups in total. The van der Waals surface area contributed by atoms with Crippen molar-refractivity contribution in [2.75, 3.05) is 31.1 Å². The van der Waals surface area contributed by atoms with Crippen LogP contribution >= 0.6 is 0 Å². The van der Waals surface area contributed by atoms with Crippen LogP contribution in [0.15, 0.2) is 0 Å². The molecule has 0 aromatic carbocycles. The summed E-state index contributed by atoms with van der Waals surface area (Å²) in [6.07, 6.45) is 16.5. The van der Waals surface area contributed by atoms with Gasteiger partial charge >= 0.3 is 0 Å². The maximum atomic E-state index is 11.3. The van der Waals surface area contributed by atoms with Crippen LogP contribution in [0.5, 0.6) is 0 Å². The Labute approximate surface area is 138 Å². The fraction of sp³-hybridized carbons (Fsp3) is 1.00. The minimum atomic E-state index is -2.71. The Balaban J connectivity index is 1.79. The van der Waals surface area contributed by atoms with Crippen LogP contribution in [0.25, 0.3) is 0 Å². The standard InChI is InChI=1S/C18H37NO2S/c1-2-3-4-5-6-7-8-9-10-11-12-13-14-19-15-17-22(20,21)18-16-19/h2-18H2,1H3. The molecule has 0 aromatic heterocycles. The van der Waals surface area contributed by atoms with Crippen LogP contribution in [0.4, 0.5) is 0 Å². The molecule has 1 saturated heterocycles. The van der Waals surface area contributed by atoms with Gasteiger partial charge in [0.1, 0.15) is 0 Å². The summed E-state index contributed by atoms with van der Waals surface area (Å²) >= 11 is 0. The highest BCUT2D eigenvalue weighted by molar-refractivity contribution is 7.91. The van der Waals surface area contributed by atoms with Crippen LogP contribution in [-0.2, 0) is 9.84 Å². The maximum Gasteiger partial charge on any atom is 0.152 e. The van der Waals surface area contributed by atoms with E-state index >= 15 is 0 Å². The number of rotatable bonds is 13. The number of nitrogens with zero attached hydrogens (tertiary/aromatic N) is 1. The van der Waals surface area contributed by atoms with Crippen molar-refractivity contribution in [2.45, 2.75) is 84.0 Å². The van der Waals surface area contributed by atoms with Gasteiger partial charge in [-0.2, -0.15) is 0 Å². The summed E-state index contributed by atoms with van der Waals surface area (Å²) in [4.78, 5) is 2.32. The van der Waals surface area contributed by atoms with Crippen molar-refractivity contribution in [3.05, 3.63) is 0 Å². The third-order valence-electron chi connectivity index (χ3n) is 4.76. The average Bonchev–Trinajstić information content (AvgIpc) is 2.50. The van der Waals surface area contributed by atoms with E-state index in [4.69, 9.17) is 0 Å². The second kappa shape index (κ2) is 12.3. The second-order valence-corrected chi connectivity index (χ2v) is 9.19. The SMILES string of the molecule is CCCCCCCCCCCCCCN1CCS(=O)(=O)CC1. The monoisotopic (exact) mass is 331 g/mol. The molecule has 0 amide bonds. The van der Waals surface area contributed by atoms with Crippen molar-refractivity contribution in [3.63, 3.8) is 0 Å². The van der Waals surface area contributed by atoms with E-state index in [9.17, 15) is 8.42 Å². The molecular weight excluding hydrogens is 294 g/mol. The Morgan fingerprint density at radius 1 is 0.682 bits per heavy atom. The molecule has 3 nitrogen and oxygen atoms in total. The Morgan fingerprint density at radius 2 is 1.09 bits per heavy atom. The van der Waals surface area contributed by atoms with Gasteiger partial charge in [0, 0.05) is 13.1 Å². The van der Waals surface area contributed by atoms with Gasteiger partial charge in [-0.15, -0.1) is 0 Å². The van der Waals surface area contributed by atoms with E-state index in [-0.39, 0.29) is 0 Å². The molecule has 0 radical (unpaired) electrons. The van der Waals surface area contributed by atoms with E-state index < -0.39 is 9.84 Å². The molecule has 0 saturated carbocycles. The van der Waals surface area contributed by atoms with E-state index in [0.717, 1.165) is 19.6 Å². The minimum absolute atomic E-state index is 0.366. The molecule has 0 aromatic rings. The molecule has 22 heavy (non-hydrogen) atoms. The normalized spacial score (nSPS) is 18.6. The first-order chi connectivity index (χ1) is 10.6. The summed E-state index contributed by atoms with van der Waals surface area (Å²) in [7, 11) is -2.71. The van der Waals surface area contributed by atoms with Gasteiger partial charge in [-0.1, -0.05) is 77.6 Å². The molecule has 1 aliphatic rings. The van der Waals surface area contributed by atoms with Gasteiger partial charge in [0.2, 0.25) is 0 Å². The van der Waals surface area contributed by atoms with Gasteiger partial charge in [-0.3, -0.25) is 0 Å². The number of hydrogen-bond acceptors (Lipinski definition) is 3. The van der Waals surface area contributed by atoms with Crippen LogP contribution in [0.1, 0.15) is 84.0 Å². The van der Waals surface area contributed by atoms with Crippen LogP contribution in [0.2, 0.25) is 0 Å². The third-order valence-corrected chi connectivity index (χ3v) is 6.37. The summed E-state index contributed by atoms with van der Waals surface area (Å²) in [6, 6.07) is 0. The van der Waals surface area contributed by atoms with Crippen LogP contribution in [0.3, 0.4) is 0 Å². The van der Waals surface area contributed by atoms with Gasteiger partial charge in [0.15, 0.2) is 9.84 Å². The highest BCUT2D eigenvalue weighted by atomic mass is 32.2.